The number of rotatable bonds is 3. The molecular formula is C14H15N3O3. The molecule has 104 valence electrons. The van der Waals surface area contributed by atoms with Gasteiger partial charge in [0.2, 0.25) is 0 Å². The summed E-state index contributed by atoms with van der Waals surface area (Å²) in [6.07, 6.45) is 2.73. The molecule has 0 atom stereocenters. The first-order valence-electron chi connectivity index (χ1n) is 6.07. The summed E-state index contributed by atoms with van der Waals surface area (Å²) in [5.41, 5.74) is 1.45. The predicted octanol–water partition coefficient (Wildman–Crippen LogP) is 1.74. The Balaban J connectivity index is 2.07. The van der Waals surface area contributed by atoms with E-state index in [9.17, 15) is 9.59 Å². The van der Waals surface area contributed by atoms with Crippen LogP contribution in [0.3, 0.4) is 0 Å². The SMILES string of the molecule is COC(=O)NCc1ccc(C(=O)n2ccnc2C)cc1. The van der Waals surface area contributed by atoms with Gasteiger partial charge in [-0.3, -0.25) is 9.36 Å². The summed E-state index contributed by atoms with van der Waals surface area (Å²) in [6.45, 7) is 2.12. The van der Waals surface area contributed by atoms with Gasteiger partial charge in [0.05, 0.1) is 7.11 Å². The summed E-state index contributed by atoms with van der Waals surface area (Å²) in [4.78, 5) is 27.2. The van der Waals surface area contributed by atoms with Crippen molar-refractivity contribution in [3.8, 4) is 0 Å². The van der Waals surface area contributed by atoms with Crippen molar-refractivity contribution >= 4 is 12.0 Å². The highest BCUT2D eigenvalue weighted by atomic mass is 16.5. The van der Waals surface area contributed by atoms with Gasteiger partial charge in [-0.1, -0.05) is 12.1 Å². The van der Waals surface area contributed by atoms with Gasteiger partial charge in [0.25, 0.3) is 5.91 Å². The largest absolute Gasteiger partial charge is 0.453 e. The average Bonchev–Trinajstić information content (AvgIpc) is 2.90. The van der Waals surface area contributed by atoms with Gasteiger partial charge in [0.1, 0.15) is 5.82 Å². The van der Waals surface area contributed by atoms with E-state index in [1.54, 1.807) is 43.6 Å². The third-order valence-electron chi connectivity index (χ3n) is 2.87. The molecule has 0 unspecified atom stereocenters. The maximum absolute atomic E-state index is 12.2. The number of aromatic nitrogens is 2. The van der Waals surface area contributed by atoms with Crippen LogP contribution in [0.15, 0.2) is 36.7 Å². The van der Waals surface area contributed by atoms with Gasteiger partial charge < -0.3 is 10.1 Å². The molecule has 2 rings (SSSR count). The van der Waals surface area contributed by atoms with E-state index < -0.39 is 6.09 Å². The number of aryl methyl sites for hydroxylation is 1. The fraction of sp³-hybridized carbons (Fsp3) is 0.214. The molecule has 1 amide bonds. The molecule has 1 aromatic heterocycles. The Hall–Kier alpha value is -2.63. The third-order valence-corrected chi connectivity index (χ3v) is 2.87. The number of hydrogen-bond donors (Lipinski definition) is 1. The number of imidazole rings is 1. The lowest BCUT2D eigenvalue weighted by molar-refractivity contribution is 0.0957. The molecule has 1 aromatic carbocycles. The van der Waals surface area contributed by atoms with Crippen LogP contribution in [0.2, 0.25) is 0 Å². The molecular weight excluding hydrogens is 258 g/mol. The summed E-state index contributed by atoms with van der Waals surface area (Å²) < 4.78 is 5.97. The second-order valence-electron chi connectivity index (χ2n) is 4.19. The maximum Gasteiger partial charge on any atom is 0.407 e. The average molecular weight is 273 g/mol. The molecule has 0 saturated heterocycles. The molecule has 0 aliphatic carbocycles. The van der Waals surface area contributed by atoms with Crippen molar-refractivity contribution in [2.45, 2.75) is 13.5 Å². The highest BCUT2D eigenvalue weighted by molar-refractivity contribution is 5.96. The molecule has 2 aromatic rings. The van der Waals surface area contributed by atoms with E-state index in [-0.39, 0.29) is 5.91 Å². The van der Waals surface area contributed by atoms with Gasteiger partial charge in [0.15, 0.2) is 0 Å². The fourth-order valence-electron chi connectivity index (χ4n) is 1.74. The molecule has 0 saturated carbocycles. The Bertz CT molecular complexity index is 617. The zero-order chi connectivity index (χ0) is 14.5. The standard InChI is InChI=1S/C14H15N3O3/c1-10-15-7-8-17(10)13(18)12-5-3-11(4-6-12)9-16-14(19)20-2/h3-8H,9H2,1-2H3,(H,16,19). The van der Waals surface area contributed by atoms with E-state index in [1.807, 2.05) is 0 Å². The number of nitrogens with one attached hydrogen (secondary N) is 1. The molecule has 0 fully saturated rings. The first kappa shape index (κ1) is 13.8. The van der Waals surface area contributed by atoms with Crippen molar-refractivity contribution in [1.29, 1.82) is 0 Å². The van der Waals surface area contributed by atoms with Crippen LogP contribution in [0, 0.1) is 6.92 Å². The maximum atomic E-state index is 12.2. The highest BCUT2D eigenvalue weighted by Crippen LogP contribution is 2.08. The highest BCUT2D eigenvalue weighted by Gasteiger charge is 2.10. The summed E-state index contributed by atoms with van der Waals surface area (Å²) in [7, 11) is 1.31. The second kappa shape index (κ2) is 6.01. The quantitative estimate of drug-likeness (QED) is 0.924. The molecule has 1 heterocycles. The predicted molar refractivity (Wildman–Crippen MR) is 72.4 cm³/mol. The van der Waals surface area contributed by atoms with Crippen molar-refractivity contribution < 1.29 is 14.3 Å². The number of nitrogens with zero attached hydrogens (tertiary/aromatic N) is 2. The number of alkyl carbamates (subject to hydrolysis) is 1. The molecule has 1 N–H and O–H groups in total. The minimum atomic E-state index is -0.487. The fourth-order valence-corrected chi connectivity index (χ4v) is 1.74. The Morgan fingerprint density at radius 3 is 2.55 bits per heavy atom. The molecule has 6 nitrogen and oxygen atoms in total. The molecule has 6 heteroatoms. The first-order chi connectivity index (χ1) is 9.61. The van der Waals surface area contributed by atoms with E-state index >= 15 is 0 Å². The topological polar surface area (TPSA) is 73.2 Å². The Morgan fingerprint density at radius 2 is 2.00 bits per heavy atom. The number of carbonyl (C=O) groups is 2. The van der Waals surface area contributed by atoms with Crippen molar-refractivity contribution in [3.63, 3.8) is 0 Å². The molecule has 0 aliphatic rings. The van der Waals surface area contributed by atoms with Gasteiger partial charge in [0, 0.05) is 24.5 Å². The van der Waals surface area contributed by atoms with Crippen LogP contribution in [0.4, 0.5) is 4.79 Å². The first-order valence-corrected chi connectivity index (χ1v) is 6.07. The van der Waals surface area contributed by atoms with Crippen LogP contribution in [-0.4, -0.2) is 28.7 Å². The second-order valence-corrected chi connectivity index (χ2v) is 4.19. The Morgan fingerprint density at radius 1 is 1.30 bits per heavy atom. The number of benzene rings is 1. The molecule has 0 aliphatic heterocycles. The lowest BCUT2D eigenvalue weighted by Crippen LogP contribution is -2.22. The Kier molecular flexibility index (Phi) is 4.14. The number of hydrogen-bond acceptors (Lipinski definition) is 4. The van der Waals surface area contributed by atoms with Crippen molar-refractivity contribution in [3.05, 3.63) is 53.6 Å². The lowest BCUT2D eigenvalue weighted by atomic mass is 10.1. The minimum Gasteiger partial charge on any atom is -0.453 e. The minimum absolute atomic E-state index is 0.132. The van der Waals surface area contributed by atoms with Crippen molar-refractivity contribution in [2.24, 2.45) is 0 Å². The number of methoxy groups -OCH3 is 1. The summed E-state index contributed by atoms with van der Waals surface area (Å²) in [6, 6.07) is 7.01. The van der Waals surface area contributed by atoms with Gasteiger partial charge >= 0.3 is 6.09 Å². The van der Waals surface area contributed by atoms with E-state index in [0.29, 0.717) is 17.9 Å². The Labute approximate surface area is 116 Å². The smallest absolute Gasteiger partial charge is 0.407 e. The van der Waals surface area contributed by atoms with Crippen LogP contribution in [0.25, 0.3) is 0 Å². The van der Waals surface area contributed by atoms with Crippen LogP contribution < -0.4 is 5.32 Å². The van der Waals surface area contributed by atoms with E-state index in [2.05, 4.69) is 15.0 Å². The van der Waals surface area contributed by atoms with Gasteiger partial charge in [-0.25, -0.2) is 9.78 Å². The molecule has 0 spiro atoms. The summed E-state index contributed by atoms with van der Waals surface area (Å²) in [5.74, 6) is 0.513. The summed E-state index contributed by atoms with van der Waals surface area (Å²) >= 11 is 0. The van der Waals surface area contributed by atoms with Crippen LogP contribution in [0.1, 0.15) is 21.7 Å². The number of ether oxygens (including phenoxy) is 1. The number of carbonyl (C=O) groups excluding carboxylic acids is 2. The monoisotopic (exact) mass is 273 g/mol. The van der Waals surface area contributed by atoms with Crippen LogP contribution in [0.5, 0.6) is 0 Å². The number of amides is 1. The molecule has 20 heavy (non-hydrogen) atoms. The normalized spacial score (nSPS) is 10.1. The molecule has 0 radical (unpaired) electrons. The van der Waals surface area contributed by atoms with Gasteiger partial charge in [-0.15, -0.1) is 0 Å². The van der Waals surface area contributed by atoms with Crippen molar-refractivity contribution in [2.75, 3.05) is 7.11 Å². The zero-order valence-corrected chi connectivity index (χ0v) is 11.3. The van der Waals surface area contributed by atoms with Crippen LogP contribution in [-0.2, 0) is 11.3 Å². The van der Waals surface area contributed by atoms with E-state index in [4.69, 9.17) is 0 Å². The van der Waals surface area contributed by atoms with Crippen molar-refractivity contribution in [1.82, 2.24) is 14.9 Å². The zero-order valence-electron chi connectivity index (χ0n) is 11.3. The van der Waals surface area contributed by atoms with Crippen LogP contribution >= 0.6 is 0 Å². The summed E-state index contributed by atoms with van der Waals surface area (Å²) in [5, 5.41) is 2.57. The van der Waals surface area contributed by atoms with E-state index in [1.165, 1.54) is 11.7 Å². The van der Waals surface area contributed by atoms with Gasteiger partial charge in [-0.05, 0) is 24.6 Å². The van der Waals surface area contributed by atoms with E-state index in [0.717, 1.165) is 5.56 Å². The lowest BCUT2D eigenvalue weighted by Gasteiger charge is -2.06. The van der Waals surface area contributed by atoms with Gasteiger partial charge in [-0.2, -0.15) is 0 Å². The third kappa shape index (κ3) is 3.03. The molecule has 0 bridgehead atoms.